The summed E-state index contributed by atoms with van der Waals surface area (Å²) in [6, 6.07) is 10.2. The maximum Gasteiger partial charge on any atom is 0.340 e. The molecule has 3 rings (SSSR count). The molecule has 0 bridgehead atoms. The Labute approximate surface area is 179 Å². The summed E-state index contributed by atoms with van der Waals surface area (Å²) < 4.78 is 32.1. The molecule has 1 aliphatic rings. The Morgan fingerprint density at radius 3 is 2.41 bits per heavy atom. The molecule has 0 aliphatic carbocycles. The predicted octanol–water partition coefficient (Wildman–Crippen LogP) is 4.21. The van der Waals surface area contributed by atoms with Gasteiger partial charge in [-0.2, -0.15) is 4.31 Å². The smallest absolute Gasteiger partial charge is 0.340 e. The Balaban J connectivity index is 1.75. The van der Waals surface area contributed by atoms with E-state index in [1.54, 1.807) is 18.2 Å². The highest BCUT2D eigenvalue weighted by Crippen LogP contribution is 2.25. The van der Waals surface area contributed by atoms with Gasteiger partial charge in [0, 0.05) is 23.7 Å². The fourth-order valence-corrected chi connectivity index (χ4v) is 4.96. The van der Waals surface area contributed by atoms with Gasteiger partial charge in [-0.15, -0.1) is 0 Å². The Kier molecular flexibility index (Phi) is 6.95. The first-order chi connectivity index (χ1) is 13.8. The van der Waals surface area contributed by atoms with Crippen molar-refractivity contribution in [3.63, 3.8) is 0 Å². The minimum absolute atomic E-state index is 0.0306. The molecule has 6 nitrogen and oxygen atoms in total. The van der Waals surface area contributed by atoms with Crippen molar-refractivity contribution in [2.45, 2.75) is 24.2 Å². The molecule has 29 heavy (non-hydrogen) atoms. The summed E-state index contributed by atoms with van der Waals surface area (Å²) in [6.45, 7) is 0.371. The molecule has 2 aromatic carbocycles. The van der Waals surface area contributed by atoms with Crippen molar-refractivity contribution in [1.82, 2.24) is 4.31 Å². The van der Waals surface area contributed by atoms with Gasteiger partial charge in [-0.1, -0.05) is 41.8 Å². The van der Waals surface area contributed by atoms with Gasteiger partial charge in [-0.3, -0.25) is 4.79 Å². The number of carbonyl (C=O) groups excluding carboxylic acids is 2. The Bertz CT molecular complexity index is 1030. The number of piperidine rings is 1. The van der Waals surface area contributed by atoms with Crippen LogP contribution in [0.2, 0.25) is 10.0 Å². The lowest BCUT2D eigenvalue weighted by atomic mass is 10.1. The van der Waals surface area contributed by atoms with E-state index in [-0.39, 0.29) is 15.5 Å². The lowest BCUT2D eigenvalue weighted by Gasteiger charge is -2.26. The van der Waals surface area contributed by atoms with Crippen LogP contribution in [0.4, 0.5) is 0 Å². The fourth-order valence-electron chi connectivity index (χ4n) is 3.03. The molecule has 154 valence electrons. The number of sulfonamides is 1. The van der Waals surface area contributed by atoms with E-state index in [1.807, 2.05) is 0 Å². The van der Waals surface area contributed by atoms with Gasteiger partial charge >= 0.3 is 5.97 Å². The summed E-state index contributed by atoms with van der Waals surface area (Å²) in [7, 11) is -3.73. The number of halogens is 2. The zero-order chi connectivity index (χ0) is 21.0. The van der Waals surface area contributed by atoms with Crippen molar-refractivity contribution >= 4 is 45.0 Å². The molecule has 1 saturated heterocycles. The molecule has 0 amide bonds. The maximum atomic E-state index is 12.8. The first-order valence-electron chi connectivity index (χ1n) is 9.04. The second-order valence-electron chi connectivity index (χ2n) is 6.62. The summed E-state index contributed by atoms with van der Waals surface area (Å²) in [5.74, 6) is -1.31. The SMILES string of the molecule is O=C(COC(=O)c1cc(S(=O)(=O)N2CCCCC2)ccc1Cl)c1cccc(Cl)c1. The van der Waals surface area contributed by atoms with Crippen molar-refractivity contribution in [3.05, 3.63) is 63.6 Å². The molecule has 1 heterocycles. The number of esters is 1. The van der Waals surface area contributed by atoms with Crippen LogP contribution in [0, 0.1) is 0 Å². The molecule has 0 aromatic heterocycles. The molecule has 0 radical (unpaired) electrons. The van der Waals surface area contributed by atoms with Crippen LogP contribution in [0.5, 0.6) is 0 Å². The van der Waals surface area contributed by atoms with Crippen LogP contribution in [0.1, 0.15) is 40.0 Å². The number of nitrogens with zero attached hydrogens (tertiary/aromatic N) is 1. The van der Waals surface area contributed by atoms with Crippen molar-refractivity contribution in [3.8, 4) is 0 Å². The second kappa shape index (κ2) is 9.26. The normalized spacial score (nSPS) is 15.1. The summed E-state index contributed by atoms with van der Waals surface area (Å²) in [5.41, 5.74) is 0.196. The Morgan fingerprint density at radius 2 is 1.72 bits per heavy atom. The number of ether oxygens (including phenoxy) is 1. The van der Waals surface area contributed by atoms with Gasteiger partial charge < -0.3 is 4.74 Å². The number of benzene rings is 2. The van der Waals surface area contributed by atoms with E-state index in [4.69, 9.17) is 27.9 Å². The van der Waals surface area contributed by atoms with Gasteiger partial charge in [0.2, 0.25) is 10.0 Å². The predicted molar refractivity (Wildman–Crippen MR) is 110 cm³/mol. The third-order valence-electron chi connectivity index (χ3n) is 4.59. The van der Waals surface area contributed by atoms with Gasteiger partial charge in [-0.25, -0.2) is 13.2 Å². The van der Waals surface area contributed by atoms with Crippen LogP contribution in [0.25, 0.3) is 0 Å². The maximum absolute atomic E-state index is 12.8. The first kappa shape index (κ1) is 21.8. The van der Waals surface area contributed by atoms with Crippen LogP contribution < -0.4 is 0 Å². The highest BCUT2D eigenvalue weighted by molar-refractivity contribution is 7.89. The fraction of sp³-hybridized carbons (Fsp3) is 0.300. The summed E-state index contributed by atoms with van der Waals surface area (Å²) in [5, 5.41) is 0.434. The summed E-state index contributed by atoms with van der Waals surface area (Å²) >= 11 is 11.9. The van der Waals surface area contributed by atoms with E-state index in [0.717, 1.165) is 19.3 Å². The van der Waals surface area contributed by atoms with Crippen molar-refractivity contribution < 1.29 is 22.7 Å². The number of Topliss-reactive ketones (excluding diaryl/α,β-unsaturated/α-hetero) is 1. The number of hydrogen-bond donors (Lipinski definition) is 0. The van der Waals surface area contributed by atoms with Gasteiger partial charge in [0.05, 0.1) is 15.5 Å². The zero-order valence-corrected chi connectivity index (χ0v) is 17.8. The number of ketones is 1. The number of rotatable bonds is 6. The zero-order valence-electron chi connectivity index (χ0n) is 15.4. The summed E-state index contributed by atoms with van der Waals surface area (Å²) in [4.78, 5) is 24.6. The minimum Gasteiger partial charge on any atom is -0.454 e. The van der Waals surface area contributed by atoms with E-state index in [2.05, 4.69) is 0 Å². The van der Waals surface area contributed by atoms with E-state index in [1.165, 1.54) is 28.6 Å². The van der Waals surface area contributed by atoms with E-state index in [9.17, 15) is 18.0 Å². The summed E-state index contributed by atoms with van der Waals surface area (Å²) in [6.07, 6.45) is 2.59. The molecule has 0 saturated carbocycles. The molecule has 9 heteroatoms. The van der Waals surface area contributed by atoms with E-state index >= 15 is 0 Å². The van der Waals surface area contributed by atoms with Crippen LogP contribution in [-0.2, 0) is 14.8 Å². The minimum atomic E-state index is -3.73. The van der Waals surface area contributed by atoms with Crippen LogP contribution in [-0.4, -0.2) is 44.2 Å². The molecule has 1 aliphatic heterocycles. The average molecular weight is 456 g/mol. The molecule has 0 atom stereocenters. The van der Waals surface area contributed by atoms with E-state index in [0.29, 0.717) is 23.7 Å². The second-order valence-corrected chi connectivity index (χ2v) is 9.40. The third kappa shape index (κ3) is 5.17. The van der Waals surface area contributed by atoms with Gasteiger partial charge in [-0.05, 0) is 43.2 Å². The van der Waals surface area contributed by atoms with Crippen molar-refractivity contribution in [2.24, 2.45) is 0 Å². The van der Waals surface area contributed by atoms with Gasteiger partial charge in [0.25, 0.3) is 0 Å². The lowest BCUT2D eigenvalue weighted by molar-refractivity contribution is 0.0474. The third-order valence-corrected chi connectivity index (χ3v) is 7.05. The Hall–Kier alpha value is -1.93. The lowest BCUT2D eigenvalue weighted by Crippen LogP contribution is -2.35. The Morgan fingerprint density at radius 1 is 1.00 bits per heavy atom. The van der Waals surface area contributed by atoms with Gasteiger partial charge in [0.15, 0.2) is 12.4 Å². The molecule has 0 unspecified atom stereocenters. The van der Waals surface area contributed by atoms with Crippen molar-refractivity contribution in [1.29, 1.82) is 0 Å². The first-order valence-corrected chi connectivity index (χ1v) is 11.2. The highest BCUT2D eigenvalue weighted by atomic mass is 35.5. The molecule has 0 spiro atoms. The molecular weight excluding hydrogens is 437 g/mol. The highest BCUT2D eigenvalue weighted by Gasteiger charge is 2.27. The topological polar surface area (TPSA) is 80.8 Å². The standard InChI is InChI=1S/C20H19Cl2NO5S/c21-15-6-4-5-14(11-15)19(24)13-28-20(25)17-12-16(7-8-18(17)22)29(26,27)23-9-2-1-3-10-23/h4-8,11-12H,1-3,9-10,13H2. The molecular formula is C20H19Cl2NO5S. The molecule has 0 N–H and O–H groups in total. The average Bonchev–Trinajstić information content (AvgIpc) is 2.72. The van der Waals surface area contributed by atoms with Crippen LogP contribution >= 0.6 is 23.2 Å². The van der Waals surface area contributed by atoms with Crippen LogP contribution in [0.15, 0.2) is 47.4 Å². The van der Waals surface area contributed by atoms with Gasteiger partial charge in [0.1, 0.15) is 0 Å². The van der Waals surface area contributed by atoms with Crippen LogP contribution in [0.3, 0.4) is 0 Å². The largest absolute Gasteiger partial charge is 0.454 e. The van der Waals surface area contributed by atoms with E-state index < -0.39 is 28.4 Å². The quantitative estimate of drug-likeness (QED) is 0.481. The number of carbonyl (C=O) groups is 2. The molecule has 1 fully saturated rings. The van der Waals surface area contributed by atoms with Crippen molar-refractivity contribution in [2.75, 3.05) is 19.7 Å². The molecule has 2 aromatic rings. The monoisotopic (exact) mass is 455 g/mol. The number of hydrogen-bond acceptors (Lipinski definition) is 5.